The van der Waals surface area contributed by atoms with Crippen molar-refractivity contribution in [2.24, 2.45) is 0 Å². The van der Waals surface area contributed by atoms with Crippen molar-refractivity contribution < 1.29 is 23.9 Å². The molecule has 2 aromatic rings. The van der Waals surface area contributed by atoms with E-state index in [4.69, 9.17) is 15.2 Å². The predicted octanol–water partition coefficient (Wildman–Crippen LogP) is 3.16. The first-order chi connectivity index (χ1) is 21.9. The summed E-state index contributed by atoms with van der Waals surface area (Å²) >= 11 is 0. The molecule has 0 radical (unpaired) electrons. The first-order valence-corrected chi connectivity index (χ1v) is 16.4. The molecular formula is C34H46N6O5. The van der Waals surface area contributed by atoms with Gasteiger partial charge in [-0.25, -0.2) is 0 Å². The molecule has 4 heterocycles. The van der Waals surface area contributed by atoms with E-state index in [9.17, 15) is 14.4 Å². The van der Waals surface area contributed by atoms with Gasteiger partial charge in [0, 0.05) is 80.3 Å². The number of fused-ring (bicyclic) bond motifs is 1. The summed E-state index contributed by atoms with van der Waals surface area (Å²) in [5, 5.41) is 5.82. The molecule has 0 saturated carbocycles. The fourth-order valence-electron chi connectivity index (χ4n) is 7.43. The smallest absolute Gasteiger partial charge is 0.255 e. The standard InChI is InChI=1S/C34H46N6O5/c1-3-22-19-27(35)31(44-2)20-30(22)39-14-9-23(10-15-39)38-16-11-24(12-17-38)45-18-13-36-28-6-4-5-25-26(28)21-40(34(25)43)29-7-8-32(41)37-33(29)42/h4-6,19-20,23-24,29,36H,3,7-18,21,35H2,1-2H3,(H,37,41,42). The minimum atomic E-state index is -0.612. The van der Waals surface area contributed by atoms with Crippen LogP contribution in [0.3, 0.4) is 0 Å². The van der Waals surface area contributed by atoms with E-state index in [1.165, 1.54) is 11.3 Å². The van der Waals surface area contributed by atoms with Crippen LogP contribution in [-0.4, -0.2) is 92.1 Å². The number of nitrogens with zero attached hydrogens (tertiary/aromatic N) is 3. The molecule has 1 atom stereocenters. The fourth-order valence-corrected chi connectivity index (χ4v) is 7.43. The minimum Gasteiger partial charge on any atom is -0.495 e. The minimum absolute atomic E-state index is 0.159. The lowest BCUT2D eigenvalue weighted by molar-refractivity contribution is -0.136. The molecule has 4 N–H and O–H groups in total. The van der Waals surface area contributed by atoms with E-state index < -0.39 is 11.9 Å². The van der Waals surface area contributed by atoms with Crippen LogP contribution >= 0.6 is 0 Å². The van der Waals surface area contributed by atoms with Crippen LogP contribution in [0.5, 0.6) is 5.75 Å². The summed E-state index contributed by atoms with van der Waals surface area (Å²) in [4.78, 5) is 43.8. The molecule has 3 fully saturated rings. The molecule has 0 aromatic heterocycles. The molecule has 242 valence electrons. The summed E-state index contributed by atoms with van der Waals surface area (Å²) in [6.07, 6.45) is 6.17. The quantitative estimate of drug-likeness (QED) is 0.209. The Bertz CT molecular complexity index is 1420. The number of imide groups is 1. The van der Waals surface area contributed by atoms with Crippen LogP contribution in [0.4, 0.5) is 17.1 Å². The number of anilines is 3. The monoisotopic (exact) mass is 618 g/mol. The Labute approximate surface area is 265 Å². The third kappa shape index (κ3) is 6.60. The molecule has 11 heteroatoms. The normalized spacial score (nSPS) is 21.6. The van der Waals surface area contributed by atoms with Crippen molar-refractivity contribution >= 4 is 34.8 Å². The number of ether oxygens (including phenoxy) is 2. The van der Waals surface area contributed by atoms with Gasteiger partial charge in [-0.05, 0) is 62.3 Å². The van der Waals surface area contributed by atoms with E-state index in [1.807, 2.05) is 12.1 Å². The molecule has 3 amide bonds. The maximum absolute atomic E-state index is 13.1. The number of hydrogen-bond acceptors (Lipinski definition) is 9. The Balaban J connectivity index is 0.932. The third-order valence-corrected chi connectivity index (χ3v) is 9.96. The number of nitrogen functional groups attached to an aromatic ring is 1. The topological polar surface area (TPSA) is 129 Å². The Morgan fingerprint density at radius 1 is 1.02 bits per heavy atom. The van der Waals surface area contributed by atoms with Gasteiger partial charge >= 0.3 is 0 Å². The highest BCUT2D eigenvalue weighted by Crippen LogP contribution is 2.35. The van der Waals surface area contributed by atoms with Crippen molar-refractivity contribution in [1.82, 2.24) is 15.1 Å². The highest BCUT2D eigenvalue weighted by Gasteiger charge is 2.40. The van der Waals surface area contributed by atoms with E-state index in [0.29, 0.717) is 43.4 Å². The summed E-state index contributed by atoms with van der Waals surface area (Å²) < 4.78 is 11.8. The van der Waals surface area contributed by atoms with Gasteiger partial charge in [-0.1, -0.05) is 13.0 Å². The summed E-state index contributed by atoms with van der Waals surface area (Å²) in [5.41, 5.74) is 11.8. The van der Waals surface area contributed by atoms with E-state index in [1.54, 1.807) is 18.1 Å². The van der Waals surface area contributed by atoms with Crippen LogP contribution in [0.15, 0.2) is 30.3 Å². The zero-order valence-electron chi connectivity index (χ0n) is 26.5. The third-order valence-electron chi connectivity index (χ3n) is 9.96. The lowest BCUT2D eigenvalue weighted by Gasteiger charge is -2.42. The number of carbonyl (C=O) groups excluding carboxylic acids is 3. The van der Waals surface area contributed by atoms with Gasteiger partial charge in [0.25, 0.3) is 5.91 Å². The van der Waals surface area contributed by atoms with Gasteiger partial charge in [0.05, 0.1) is 25.5 Å². The highest BCUT2D eigenvalue weighted by molar-refractivity contribution is 6.06. The number of nitrogens with one attached hydrogen (secondary N) is 2. The van der Waals surface area contributed by atoms with Gasteiger partial charge in [-0.15, -0.1) is 0 Å². The Morgan fingerprint density at radius 2 is 1.80 bits per heavy atom. The Hall–Kier alpha value is -3.83. The van der Waals surface area contributed by atoms with E-state index >= 15 is 0 Å². The second-order valence-corrected chi connectivity index (χ2v) is 12.6. The van der Waals surface area contributed by atoms with Crippen LogP contribution < -0.4 is 26.0 Å². The highest BCUT2D eigenvalue weighted by atomic mass is 16.5. The summed E-state index contributed by atoms with van der Waals surface area (Å²) in [6, 6.07) is 9.80. The van der Waals surface area contributed by atoms with Gasteiger partial charge in [-0.3, -0.25) is 19.7 Å². The average Bonchev–Trinajstić information content (AvgIpc) is 3.39. The van der Waals surface area contributed by atoms with Gasteiger partial charge in [0.2, 0.25) is 11.8 Å². The molecule has 1 unspecified atom stereocenters. The number of nitrogens with two attached hydrogens (primary N) is 1. The maximum atomic E-state index is 13.1. The maximum Gasteiger partial charge on any atom is 0.255 e. The second kappa shape index (κ2) is 13.7. The fraction of sp³-hybridized carbons (Fsp3) is 0.559. The van der Waals surface area contributed by atoms with E-state index in [2.05, 4.69) is 39.5 Å². The number of rotatable bonds is 10. The lowest BCUT2D eigenvalue weighted by Crippen LogP contribution is -2.52. The number of methoxy groups -OCH3 is 1. The van der Waals surface area contributed by atoms with Gasteiger partial charge in [0.1, 0.15) is 11.8 Å². The second-order valence-electron chi connectivity index (χ2n) is 12.6. The van der Waals surface area contributed by atoms with Crippen LogP contribution in [0.25, 0.3) is 0 Å². The SMILES string of the molecule is CCc1cc(N)c(OC)cc1N1CCC(N2CCC(OCCNc3cccc4c3CN(C3CCC(=O)NC3=O)C4=O)CC2)CC1. The average molecular weight is 619 g/mol. The van der Waals surface area contributed by atoms with Crippen LogP contribution in [0.2, 0.25) is 0 Å². The molecular weight excluding hydrogens is 572 g/mol. The number of benzene rings is 2. The van der Waals surface area contributed by atoms with Crippen molar-refractivity contribution in [3.63, 3.8) is 0 Å². The van der Waals surface area contributed by atoms with Crippen molar-refractivity contribution in [2.75, 3.05) is 62.4 Å². The number of likely N-dealkylation sites (tertiary alicyclic amines) is 1. The first kappa shape index (κ1) is 31.2. The number of hydrogen-bond donors (Lipinski definition) is 3. The molecule has 3 saturated heterocycles. The largest absolute Gasteiger partial charge is 0.495 e. The van der Waals surface area contributed by atoms with E-state index in [0.717, 1.165) is 75.3 Å². The molecule has 0 aliphatic carbocycles. The molecule has 6 rings (SSSR count). The molecule has 0 bridgehead atoms. The van der Waals surface area contributed by atoms with Crippen LogP contribution in [-0.2, 0) is 27.3 Å². The molecule has 11 nitrogen and oxygen atoms in total. The zero-order chi connectivity index (χ0) is 31.5. The Morgan fingerprint density at radius 3 is 2.51 bits per heavy atom. The Kier molecular flexibility index (Phi) is 9.46. The van der Waals surface area contributed by atoms with Crippen molar-refractivity contribution in [2.45, 2.75) is 76.6 Å². The number of carbonyl (C=O) groups is 3. The molecule has 4 aliphatic rings. The van der Waals surface area contributed by atoms with Gasteiger partial charge < -0.3 is 35.2 Å². The van der Waals surface area contributed by atoms with Crippen molar-refractivity contribution in [3.05, 3.63) is 47.0 Å². The number of aryl methyl sites for hydroxylation is 1. The predicted molar refractivity (Wildman–Crippen MR) is 174 cm³/mol. The van der Waals surface area contributed by atoms with Crippen molar-refractivity contribution in [1.29, 1.82) is 0 Å². The van der Waals surface area contributed by atoms with Gasteiger partial charge in [0.15, 0.2) is 0 Å². The summed E-state index contributed by atoms with van der Waals surface area (Å²) in [7, 11) is 1.68. The molecule has 4 aliphatic heterocycles. The van der Waals surface area contributed by atoms with E-state index in [-0.39, 0.29) is 24.3 Å². The van der Waals surface area contributed by atoms with Crippen molar-refractivity contribution in [3.8, 4) is 5.75 Å². The molecule has 45 heavy (non-hydrogen) atoms. The van der Waals surface area contributed by atoms with Crippen LogP contribution in [0.1, 0.15) is 66.9 Å². The first-order valence-electron chi connectivity index (χ1n) is 16.4. The summed E-state index contributed by atoms with van der Waals surface area (Å²) in [5.74, 6) is -0.0817. The number of amides is 3. The van der Waals surface area contributed by atoms with Gasteiger partial charge in [-0.2, -0.15) is 0 Å². The molecule has 0 spiro atoms. The van der Waals surface area contributed by atoms with Crippen LogP contribution in [0, 0.1) is 0 Å². The zero-order valence-corrected chi connectivity index (χ0v) is 26.5. The molecule has 2 aromatic carbocycles. The summed E-state index contributed by atoms with van der Waals surface area (Å²) in [6.45, 7) is 7.94. The lowest BCUT2D eigenvalue weighted by atomic mass is 9.97. The number of piperidine rings is 3.